The highest BCUT2D eigenvalue weighted by atomic mass is 19.2. The first-order valence-corrected chi connectivity index (χ1v) is 6.68. The van der Waals surface area contributed by atoms with E-state index in [1.54, 1.807) is 0 Å². The Morgan fingerprint density at radius 1 is 1.05 bits per heavy atom. The molecule has 7 heteroatoms. The van der Waals surface area contributed by atoms with Crippen LogP contribution >= 0.6 is 0 Å². The summed E-state index contributed by atoms with van der Waals surface area (Å²) in [7, 11) is 0. The second-order valence-electron chi connectivity index (χ2n) is 5.02. The summed E-state index contributed by atoms with van der Waals surface area (Å²) in [6.45, 7) is 3.96. The number of halogens is 4. The normalized spacial score (nSPS) is 18.1. The molecule has 1 N–H and O–H groups in total. The van der Waals surface area contributed by atoms with Gasteiger partial charge in [-0.1, -0.05) is 6.42 Å². The van der Waals surface area contributed by atoms with Crippen LogP contribution in [0.3, 0.4) is 0 Å². The molecule has 0 aliphatic carbocycles. The van der Waals surface area contributed by atoms with Crippen LogP contribution < -0.4 is 5.32 Å². The first-order valence-electron chi connectivity index (χ1n) is 6.68. The fourth-order valence-electron chi connectivity index (χ4n) is 2.38. The number of rotatable bonds is 4. The van der Waals surface area contributed by atoms with Crippen molar-refractivity contribution in [2.24, 2.45) is 0 Å². The van der Waals surface area contributed by atoms with Gasteiger partial charge in [-0.2, -0.15) is 22.5 Å². The standard InChI is InChI=1S/C13H17F4N3/c1-8(20-5-3-2-4-6-20)7-18-11-9(14)12(16)19-13(17)10(11)15/h8H,2-7H2,1H3,(H,18,19). The number of likely N-dealkylation sites (tertiary alicyclic amines) is 1. The Morgan fingerprint density at radius 3 is 2.15 bits per heavy atom. The molecule has 0 saturated carbocycles. The van der Waals surface area contributed by atoms with Crippen molar-refractivity contribution in [3.8, 4) is 0 Å². The van der Waals surface area contributed by atoms with E-state index in [0.717, 1.165) is 25.9 Å². The molecule has 1 aromatic rings. The van der Waals surface area contributed by atoms with Crippen LogP contribution in [0.5, 0.6) is 0 Å². The minimum Gasteiger partial charge on any atom is -0.378 e. The first kappa shape index (κ1) is 15.0. The summed E-state index contributed by atoms with van der Waals surface area (Å²) in [5.41, 5.74) is -0.793. The van der Waals surface area contributed by atoms with Crippen molar-refractivity contribution in [3.05, 3.63) is 23.5 Å². The van der Waals surface area contributed by atoms with Gasteiger partial charge in [-0.05, 0) is 32.9 Å². The van der Waals surface area contributed by atoms with Gasteiger partial charge in [0, 0.05) is 12.6 Å². The summed E-state index contributed by atoms with van der Waals surface area (Å²) < 4.78 is 52.7. The lowest BCUT2D eigenvalue weighted by molar-refractivity contribution is 0.180. The third kappa shape index (κ3) is 3.20. The van der Waals surface area contributed by atoms with Gasteiger partial charge in [0.15, 0.2) is 0 Å². The number of anilines is 1. The number of piperidine rings is 1. The first-order chi connectivity index (χ1) is 9.50. The molecule has 20 heavy (non-hydrogen) atoms. The van der Waals surface area contributed by atoms with E-state index >= 15 is 0 Å². The van der Waals surface area contributed by atoms with Gasteiger partial charge in [-0.15, -0.1) is 0 Å². The van der Waals surface area contributed by atoms with Crippen molar-refractivity contribution in [1.29, 1.82) is 0 Å². The zero-order valence-corrected chi connectivity index (χ0v) is 11.2. The molecule has 0 bridgehead atoms. The molecule has 0 amide bonds. The summed E-state index contributed by atoms with van der Waals surface area (Å²) in [5, 5.41) is 2.45. The summed E-state index contributed by atoms with van der Waals surface area (Å²) in [4.78, 5) is 4.70. The second kappa shape index (κ2) is 6.39. The van der Waals surface area contributed by atoms with Crippen molar-refractivity contribution >= 4 is 5.69 Å². The number of aromatic nitrogens is 1. The lowest BCUT2D eigenvalue weighted by Crippen LogP contribution is -2.41. The molecule has 2 rings (SSSR count). The lowest BCUT2D eigenvalue weighted by atomic mass is 10.1. The fraction of sp³-hybridized carbons (Fsp3) is 0.615. The Bertz CT molecular complexity index is 449. The van der Waals surface area contributed by atoms with Gasteiger partial charge in [0.1, 0.15) is 5.69 Å². The molecule has 3 nitrogen and oxygen atoms in total. The average Bonchev–Trinajstić information content (AvgIpc) is 2.46. The van der Waals surface area contributed by atoms with Gasteiger partial charge in [0.2, 0.25) is 11.6 Å². The Labute approximate surface area is 115 Å². The molecule has 0 radical (unpaired) electrons. The Hall–Kier alpha value is -1.37. The molecular formula is C13H17F4N3. The highest BCUT2D eigenvalue weighted by molar-refractivity contribution is 5.45. The molecule has 1 aliphatic rings. The highest BCUT2D eigenvalue weighted by Gasteiger charge is 2.22. The van der Waals surface area contributed by atoms with Gasteiger partial charge in [0.05, 0.1) is 0 Å². The summed E-state index contributed by atoms with van der Waals surface area (Å²) in [6.07, 6.45) is 3.36. The van der Waals surface area contributed by atoms with E-state index in [0.29, 0.717) is 0 Å². The summed E-state index contributed by atoms with van der Waals surface area (Å²) in [5.74, 6) is -6.27. The van der Waals surface area contributed by atoms with Gasteiger partial charge in [-0.3, -0.25) is 4.90 Å². The lowest BCUT2D eigenvalue weighted by Gasteiger charge is -2.32. The number of hydrogen-bond donors (Lipinski definition) is 1. The van der Waals surface area contributed by atoms with Crippen molar-refractivity contribution in [3.63, 3.8) is 0 Å². The maximum Gasteiger partial charge on any atom is 0.253 e. The smallest absolute Gasteiger partial charge is 0.253 e. The Morgan fingerprint density at radius 2 is 1.60 bits per heavy atom. The minimum atomic E-state index is -1.64. The van der Waals surface area contributed by atoms with Crippen LogP contribution in [-0.2, 0) is 0 Å². The SMILES string of the molecule is CC(CNc1c(F)c(F)nc(F)c1F)N1CCCCC1. The molecular weight excluding hydrogens is 274 g/mol. The quantitative estimate of drug-likeness (QED) is 0.683. The number of nitrogens with one attached hydrogen (secondary N) is 1. The number of pyridine rings is 1. The van der Waals surface area contributed by atoms with Crippen molar-refractivity contribution in [2.45, 2.75) is 32.2 Å². The second-order valence-corrected chi connectivity index (χ2v) is 5.02. The molecule has 1 fully saturated rings. The van der Waals surface area contributed by atoms with Gasteiger partial charge in [0.25, 0.3) is 11.9 Å². The van der Waals surface area contributed by atoms with Crippen LogP contribution in [0.25, 0.3) is 0 Å². The third-order valence-corrected chi connectivity index (χ3v) is 3.59. The van der Waals surface area contributed by atoms with Gasteiger partial charge < -0.3 is 5.32 Å². The maximum absolute atomic E-state index is 13.4. The van der Waals surface area contributed by atoms with E-state index in [2.05, 4.69) is 15.2 Å². The molecule has 0 aromatic carbocycles. The van der Waals surface area contributed by atoms with Crippen LogP contribution in [0, 0.1) is 23.5 Å². The Balaban J connectivity index is 2.03. The third-order valence-electron chi connectivity index (χ3n) is 3.59. The van der Waals surface area contributed by atoms with Crippen LogP contribution in [0.2, 0.25) is 0 Å². The monoisotopic (exact) mass is 291 g/mol. The van der Waals surface area contributed by atoms with Crippen molar-refractivity contribution in [1.82, 2.24) is 9.88 Å². The fourth-order valence-corrected chi connectivity index (χ4v) is 2.38. The van der Waals surface area contributed by atoms with E-state index < -0.39 is 29.2 Å². The largest absolute Gasteiger partial charge is 0.378 e. The molecule has 1 atom stereocenters. The van der Waals surface area contributed by atoms with E-state index in [-0.39, 0.29) is 12.6 Å². The van der Waals surface area contributed by atoms with Gasteiger partial charge in [-0.25, -0.2) is 0 Å². The van der Waals surface area contributed by atoms with E-state index in [1.807, 2.05) is 6.92 Å². The summed E-state index contributed by atoms with van der Waals surface area (Å²) >= 11 is 0. The molecule has 1 saturated heterocycles. The predicted octanol–water partition coefficient (Wildman–Crippen LogP) is 2.92. The average molecular weight is 291 g/mol. The molecule has 1 unspecified atom stereocenters. The maximum atomic E-state index is 13.4. The Kier molecular flexibility index (Phi) is 4.80. The van der Waals surface area contributed by atoms with Crippen molar-refractivity contribution < 1.29 is 17.6 Å². The molecule has 1 aliphatic heterocycles. The van der Waals surface area contributed by atoms with E-state index in [9.17, 15) is 17.6 Å². The number of nitrogens with zero attached hydrogens (tertiary/aromatic N) is 2. The van der Waals surface area contributed by atoms with Crippen molar-refractivity contribution in [2.75, 3.05) is 25.0 Å². The van der Waals surface area contributed by atoms with Crippen LogP contribution in [0.15, 0.2) is 0 Å². The number of hydrogen-bond acceptors (Lipinski definition) is 3. The zero-order valence-electron chi connectivity index (χ0n) is 11.2. The summed E-state index contributed by atoms with van der Waals surface area (Å²) in [6, 6.07) is 0.0217. The predicted molar refractivity (Wildman–Crippen MR) is 67.4 cm³/mol. The topological polar surface area (TPSA) is 28.2 Å². The van der Waals surface area contributed by atoms with Gasteiger partial charge >= 0.3 is 0 Å². The van der Waals surface area contributed by atoms with Crippen LogP contribution in [-0.4, -0.2) is 35.6 Å². The zero-order chi connectivity index (χ0) is 14.7. The highest BCUT2D eigenvalue weighted by Crippen LogP contribution is 2.22. The molecule has 0 spiro atoms. The van der Waals surface area contributed by atoms with Crippen LogP contribution in [0.1, 0.15) is 26.2 Å². The molecule has 1 aromatic heterocycles. The molecule has 2 heterocycles. The van der Waals surface area contributed by atoms with Crippen LogP contribution in [0.4, 0.5) is 23.2 Å². The minimum absolute atomic E-state index is 0.0217. The molecule has 112 valence electrons. The van der Waals surface area contributed by atoms with E-state index in [1.165, 1.54) is 6.42 Å². The van der Waals surface area contributed by atoms with E-state index in [4.69, 9.17) is 0 Å².